The monoisotopic (exact) mass is 331 g/mol. The summed E-state index contributed by atoms with van der Waals surface area (Å²) in [4.78, 5) is 23.9. The van der Waals surface area contributed by atoms with Crippen LogP contribution < -0.4 is 16.0 Å². The third kappa shape index (κ3) is 5.96. The highest BCUT2D eigenvalue weighted by atomic mass is 16.2. The summed E-state index contributed by atoms with van der Waals surface area (Å²) in [6.45, 7) is 4.12. The summed E-state index contributed by atoms with van der Waals surface area (Å²) in [6, 6.07) is 5.61. The molecule has 0 unspecified atom stereocenters. The van der Waals surface area contributed by atoms with Crippen molar-refractivity contribution in [3.63, 3.8) is 0 Å². The van der Waals surface area contributed by atoms with Crippen LogP contribution in [-0.4, -0.2) is 24.5 Å². The Labute approximate surface area is 144 Å². The maximum absolute atomic E-state index is 12.0. The van der Waals surface area contributed by atoms with Crippen molar-refractivity contribution in [2.45, 2.75) is 64.8 Å². The number of benzene rings is 1. The van der Waals surface area contributed by atoms with Gasteiger partial charge in [-0.05, 0) is 43.9 Å². The molecular weight excluding hydrogens is 302 g/mol. The molecule has 3 amide bonds. The summed E-state index contributed by atoms with van der Waals surface area (Å²) in [7, 11) is 0. The summed E-state index contributed by atoms with van der Waals surface area (Å²) in [5, 5.41) is 8.42. The highest BCUT2D eigenvalue weighted by Crippen LogP contribution is 2.18. The van der Waals surface area contributed by atoms with E-state index in [-0.39, 0.29) is 12.5 Å². The number of carbonyl (C=O) groups excluding carboxylic acids is 2. The molecule has 1 aliphatic rings. The van der Waals surface area contributed by atoms with Gasteiger partial charge >= 0.3 is 6.03 Å². The molecule has 0 bridgehead atoms. The number of nitrogens with one attached hydrogen (secondary N) is 3. The summed E-state index contributed by atoms with van der Waals surface area (Å²) >= 11 is 0. The Hall–Kier alpha value is -1.88. The zero-order chi connectivity index (χ0) is 17.4. The van der Waals surface area contributed by atoms with Crippen LogP contribution in [0.4, 0.5) is 10.5 Å². The molecule has 132 valence electrons. The lowest BCUT2D eigenvalue weighted by Gasteiger charge is -2.20. The Bertz CT molecular complexity index is 564. The van der Waals surface area contributed by atoms with Crippen molar-refractivity contribution < 1.29 is 9.59 Å². The number of imide groups is 1. The van der Waals surface area contributed by atoms with Gasteiger partial charge in [-0.2, -0.15) is 0 Å². The second-order valence-electron chi connectivity index (χ2n) is 6.67. The molecular formula is C19H29N3O2. The second kappa shape index (κ2) is 9.42. The summed E-state index contributed by atoms with van der Waals surface area (Å²) in [5.74, 6) is -0.292. The molecule has 5 nitrogen and oxygen atoms in total. The van der Waals surface area contributed by atoms with Gasteiger partial charge in [0.15, 0.2) is 0 Å². The number of amides is 3. The van der Waals surface area contributed by atoms with E-state index in [1.54, 1.807) is 0 Å². The molecule has 2 rings (SSSR count). The quantitative estimate of drug-likeness (QED) is 0.788. The van der Waals surface area contributed by atoms with Gasteiger partial charge in [-0.25, -0.2) is 4.79 Å². The van der Waals surface area contributed by atoms with Crippen LogP contribution in [-0.2, 0) is 4.79 Å². The molecule has 0 radical (unpaired) electrons. The predicted molar refractivity (Wildman–Crippen MR) is 97.2 cm³/mol. The lowest BCUT2D eigenvalue weighted by Crippen LogP contribution is -2.43. The van der Waals surface area contributed by atoms with Gasteiger partial charge in [-0.1, -0.05) is 44.2 Å². The summed E-state index contributed by atoms with van der Waals surface area (Å²) in [5.41, 5.74) is 2.84. The lowest BCUT2D eigenvalue weighted by molar-refractivity contribution is -0.119. The Kier molecular flexibility index (Phi) is 7.25. The van der Waals surface area contributed by atoms with E-state index in [2.05, 4.69) is 16.0 Å². The molecule has 1 aromatic carbocycles. The molecule has 1 saturated carbocycles. The minimum absolute atomic E-state index is 0.185. The maximum atomic E-state index is 12.0. The Morgan fingerprint density at radius 3 is 2.42 bits per heavy atom. The summed E-state index contributed by atoms with van der Waals surface area (Å²) in [6.07, 6.45) is 8.54. The standard InChI is InChI=1S/C19H29N3O2/c1-14-9-8-12-17(15(14)2)21-19(24)22-18(23)13-20-16-10-6-4-3-5-7-11-16/h8-9,12,16,20H,3-7,10-11,13H2,1-2H3,(H2,21,22,23,24). The minimum atomic E-state index is -0.479. The van der Waals surface area contributed by atoms with Crippen LogP contribution in [0.25, 0.3) is 0 Å². The van der Waals surface area contributed by atoms with Crippen LogP contribution in [0.3, 0.4) is 0 Å². The molecule has 0 atom stereocenters. The largest absolute Gasteiger partial charge is 0.325 e. The molecule has 1 fully saturated rings. The average molecular weight is 331 g/mol. The fourth-order valence-electron chi connectivity index (χ4n) is 3.11. The smallest absolute Gasteiger partial charge is 0.307 e. The normalized spacial score (nSPS) is 16.1. The van der Waals surface area contributed by atoms with E-state index in [1.165, 1.54) is 32.1 Å². The number of aryl methyl sites for hydroxylation is 1. The van der Waals surface area contributed by atoms with Crippen LogP contribution in [0, 0.1) is 13.8 Å². The first-order valence-corrected chi connectivity index (χ1v) is 8.96. The van der Waals surface area contributed by atoms with Crippen molar-refractivity contribution in [3.8, 4) is 0 Å². The van der Waals surface area contributed by atoms with E-state index >= 15 is 0 Å². The SMILES string of the molecule is Cc1cccc(NC(=O)NC(=O)CNC2CCCCCCC2)c1C. The Morgan fingerprint density at radius 2 is 1.71 bits per heavy atom. The van der Waals surface area contributed by atoms with Gasteiger partial charge in [0.1, 0.15) is 0 Å². The van der Waals surface area contributed by atoms with E-state index in [4.69, 9.17) is 0 Å². The van der Waals surface area contributed by atoms with Gasteiger partial charge < -0.3 is 10.6 Å². The van der Waals surface area contributed by atoms with Gasteiger partial charge in [-0.15, -0.1) is 0 Å². The number of hydrogen-bond acceptors (Lipinski definition) is 3. The van der Waals surface area contributed by atoms with Gasteiger partial charge in [0.2, 0.25) is 5.91 Å². The molecule has 3 N–H and O–H groups in total. The molecule has 0 aromatic heterocycles. The topological polar surface area (TPSA) is 70.2 Å². The van der Waals surface area contributed by atoms with E-state index in [1.807, 2.05) is 32.0 Å². The predicted octanol–water partition coefficient (Wildman–Crippen LogP) is 3.65. The van der Waals surface area contributed by atoms with Gasteiger partial charge in [-0.3, -0.25) is 10.1 Å². The van der Waals surface area contributed by atoms with Crippen molar-refractivity contribution in [1.82, 2.24) is 10.6 Å². The van der Waals surface area contributed by atoms with Crippen LogP contribution in [0.5, 0.6) is 0 Å². The number of hydrogen-bond donors (Lipinski definition) is 3. The fraction of sp³-hybridized carbons (Fsp3) is 0.579. The third-order valence-corrected chi connectivity index (χ3v) is 4.76. The van der Waals surface area contributed by atoms with Gasteiger partial charge in [0.25, 0.3) is 0 Å². The number of anilines is 1. The Balaban J connectivity index is 1.75. The van der Waals surface area contributed by atoms with E-state index in [0.717, 1.165) is 29.7 Å². The number of carbonyl (C=O) groups is 2. The first-order chi connectivity index (χ1) is 11.6. The van der Waals surface area contributed by atoms with E-state index in [9.17, 15) is 9.59 Å². The first-order valence-electron chi connectivity index (χ1n) is 8.96. The molecule has 0 aliphatic heterocycles. The van der Waals surface area contributed by atoms with Gasteiger partial charge in [0.05, 0.1) is 6.54 Å². The van der Waals surface area contributed by atoms with Crippen molar-refractivity contribution in [2.24, 2.45) is 0 Å². The first kappa shape index (κ1) is 18.5. The average Bonchev–Trinajstić information content (AvgIpc) is 2.50. The molecule has 1 aromatic rings. The van der Waals surface area contributed by atoms with Crippen LogP contribution in [0.2, 0.25) is 0 Å². The lowest BCUT2D eigenvalue weighted by atomic mass is 9.97. The highest BCUT2D eigenvalue weighted by molar-refractivity contribution is 6.02. The Morgan fingerprint density at radius 1 is 1.04 bits per heavy atom. The fourth-order valence-corrected chi connectivity index (χ4v) is 3.11. The van der Waals surface area contributed by atoms with Crippen molar-refractivity contribution in [3.05, 3.63) is 29.3 Å². The van der Waals surface area contributed by atoms with Crippen LogP contribution in [0.1, 0.15) is 56.1 Å². The second-order valence-corrected chi connectivity index (χ2v) is 6.67. The molecule has 0 spiro atoms. The summed E-state index contributed by atoms with van der Waals surface area (Å²) < 4.78 is 0. The molecule has 0 heterocycles. The number of urea groups is 1. The van der Waals surface area contributed by atoms with Gasteiger partial charge in [0, 0.05) is 11.7 Å². The molecule has 24 heavy (non-hydrogen) atoms. The maximum Gasteiger partial charge on any atom is 0.325 e. The highest BCUT2D eigenvalue weighted by Gasteiger charge is 2.14. The van der Waals surface area contributed by atoms with Crippen LogP contribution >= 0.6 is 0 Å². The zero-order valence-electron chi connectivity index (χ0n) is 14.8. The minimum Gasteiger partial charge on any atom is -0.307 e. The number of rotatable bonds is 4. The van der Waals surface area contributed by atoms with E-state index < -0.39 is 6.03 Å². The van der Waals surface area contributed by atoms with Crippen molar-refractivity contribution in [1.29, 1.82) is 0 Å². The third-order valence-electron chi connectivity index (χ3n) is 4.76. The zero-order valence-corrected chi connectivity index (χ0v) is 14.8. The van der Waals surface area contributed by atoms with Crippen LogP contribution in [0.15, 0.2) is 18.2 Å². The van der Waals surface area contributed by atoms with Crippen molar-refractivity contribution >= 4 is 17.6 Å². The molecule has 5 heteroatoms. The molecule has 0 saturated heterocycles. The van der Waals surface area contributed by atoms with E-state index in [0.29, 0.717) is 6.04 Å². The van der Waals surface area contributed by atoms with Crippen molar-refractivity contribution in [2.75, 3.05) is 11.9 Å². The molecule has 1 aliphatic carbocycles.